The number of furan rings is 1. The molecule has 0 bridgehead atoms. The summed E-state index contributed by atoms with van der Waals surface area (Å²) in [7, 11) is 0. The molecule has 1 aliphatic rings. The first-order valence-electron chi connectivity index (χ1n) is 5.86. The summed E-state index contributed by atoms with van der Waals surface area (Å²) in [5, 5.41) is 12.8. The summed E-state index contributed by atoms with van der Waals surface area (Å²) >= 11 is 0. The maximum atomic E-state index is 11.9. The molecule has 0 saturated heterocycles. The first kappa shape index (κ1) is 11.0. The third kappa shape index (κ3) is 1.80. The van der Waals surface area contributed by atoms with Crippen LogP contribution in [0.4, 0.5) is 0 Å². The van der Waals surface area contributed by atoms with E-state index < -0.39 is 6.10 Å². The molecule has 2 atom stereocenters. The SMILES string of the molecule is O=C(NC1c2ccccc2CC1O)c1ccco1. The van der Waals surface area contributed by atoms with Crippen LogP contribution in [0.3, 0.4) is 0 Å². The average Bonchev–Trinajstić information content (AvgIpc) is 2.98. The quantitative estimate of drug-likeness (QED) is 0.843. The summed E-state index contributed by atoms with van der Waals surface area (Å²) in [6.07, 6.45) is 1.44. The van der Waals surface area contributed by atoms with Gasteiger partial charge in [-0.2, -0.15) is 0 Å². The monoisotopic (exact) mass is 243 g/mol. The molecule has 2 unspecified atom stereocenters. The summed E-state index contributed by atoms with van der Waals surface area (Å²) in [4.78, 5) is 11.9. The molecule has 2 N–H and O–H groups in total. The number of carbonyl (C=O) groups is 1. The number of hydrogen-bond donors (Lipinski definition) is 2. The molecule has 2 aromatic rings. The number of rotatable bonds is 2. The van der Waals surface area contributed by atoms with E-state index in [9.17, 15) is 9.90 Å². The van der Waals surface area contributed by atoms with E-state index in [1.165, 1.54) is 6.26 Å². The van der Waals surface area contributed by atoms with Crippen LogP contribution in [0.15, 0.2) is 47.1 Å². The zero-order valence-electron chi connectivity index (χ0n) is 9.67. The van der Waals surface area contributed by atoms with E-state index in [-0.39, 0.29) is 17.7 Å². The highest BCUT2D eigenvalue weighted by Gasteiger charge is 2.32. The second-order valence-electron chi connectivity index (χ2n) is 4.40. The molecule has 0 spiro atoms. The lowest BCUT2D eigenvalue weighted by atomic mass is 10.1. The molecule has 1 aromatic heterocycles. The number of fused-ring (bicyclic) bond motifs is 1. The van der Waals surface area contributed by atoms with E-state index in [1.54, 1.807) is 12.1 Å². The predicted molar refractivity (Wildman–Crippen MR) is 65.1 cm³/mol. The first-order valence-corrected chi connectivity index (χ1v) is 5.86. The van der Waals surface area contributed by atoms with Crippen LogP contribution in [0.1, 0.15) is 27.7 Å². The lowest BCUT2D eigenvalue weighted by Crippen LogP contribution is -2.33. The Hall–Kier alpha value is -2.07. The van der Waals surface area contributed by atoms with Gasteiger partial charge in [-0.15, -0.1) is 0 Å². The van der Waals surface area contributed by atoms with Crippen LogP contribution in [-0.4, -0.2) is 17.1 Å². The Kier molecular flexibility index (Phi) is 2.64. The molecule has 1 amide bonds. The van der Waals surface area contributed by atoms with Gasteiger partial charge in [-0.3, -0.25) is 4.79 Å². The highest BCUT2D eigenvalue weighted by atomic mass is 16.3. The van der Waals surface area contributed by atoms with Crippen LogP contribution >= 0.6 is 0 Å². The molecular weight excluding hydrogens is 230 g/mol. The molecule has 4 nitrogen and oxygen atoms in total. The zero-order valence-corrected chi connectivity index (χ0v) is 9.67. The van der Waals surface area contributed by atoms with Crippen LogP contribution < -0.4 is 5.32 Å². The number of benzene rings is 1. The van der Waals surface area contributed by atoms with Gasteiger partial charge in [0.2, 0.25) is 0 Å². The molecule has 0 radical (unpaired) electrons. The molecule has 0 saturated carbocycles. The highest BCUT2D eigenvalue weighted by Crippen LogP contribution is 2.31. The summed E-state index contributed by atoms with van der Waals surface area (Å²) < 4.78 is 5.04. The second kappa shape index (κ2) is 4.31. The molecule has 18 heavy (non-hydrogen) atoms. The predicted octanol–water partition coefficient (Wildman–Crippen LogP) is 1.67. The largest absolute Gasteiger partial charge is 0.459 e. The van der Waals surface area contributed by atoms with E-state index in [0.717, 1.165) is 11.1 Å². The summed E-state index contributed by atoms with van der Waals surface area (Å²) in [6, 6.07) is 10.6. The van der Waals surface area contributed by atoms with Gasteiger partial charge in [0.1, 0.15) is 0 Å². The fourth-order valence-corrected chi connectivity index (χ4v) is 2.37. The minimum absolute atomic E-state index is 0.256. The smallest absolute Gasteiger partial charge is 0.287 e. The number of aliphatic hydroxyl groups excluding tert-OH is 1. The van der Waals surface area contributed by atoms with Crippen molar-refractivity contribution in [1.82, 2.24) is 5.32 Å². The molecule has 1 aliphatic carbocycles. The van der Waals surface area contributed by atoms with Crippen molar-refractivity contribution in [2.75, 3.05) is 0 Å². The van der Waals surface area contributed by atoms with Crippen molar-refractivity contribution in [3.63, 3.8) is 0 Å². The third-order valence-electron chi connectivity index (χ3n) is 3.24. The maximum Gasteiger partial charge on any atom is 0.287 e. The summed E-state index contributed by atoms with van der Waals surface area (Å²) in [5.74, 6) is -0.0488. The highest BCUT2D eigenvalue weighted by molar-refractivity contribution is 5.91. The van der Waals surface area contributed by atoms with Gasteiger partial charge in [-0.25, -0.2) is 0 Å². The van der Waals surface area contributed by atoms with E-state index in [0.29, 0.717) is 6.42 Å². The minimum Gasteiger partial charge on any atom is -0.459 e. The molecule has 0 aliphatic heterocycles. The molecular formula is C14H13NO3. The topological polar surface area (TPSA) is 62.5 Å². The maximum absolute atomic E-state index is 11.9. The van der Waals surface area contributed by atoms with Crippen LogP contribution in [0.5, 0.6) is 0 Å². The van der Waals surface area contributed by atoms with Gasteiger partial charge >= 0.3 is 0 Å². The van der Waals surface area contributed by atoms with Crippen molar-refractivity contribution >= 4 is 5.91 Å². The van der Waals surface area contributed by atoms with Crippen molar-refractivity contribution in [1.29, 1.82) is 0 Å². The van der Waals surface area contributed by atoms with Gasteiger partial charge < -0.3 is 14.8 Å². The van der Waals surface area contributed by atoms with Crippen LogP contribution in [-0.2, 0) is 6.42 Å². The Bertz CT molecular complexity index is 562. The molecule has 0 fully saturated rings. The molecule has 1 aromatic carbocycles. The van der Waals surface area contributed by atoms with Crippen molar-refractivity contribution in [3.8, 4) is 0 Å². The van der Waals surface area contributed by atoms with Crippen molar-refractivity contribution < 1.29 is 14.3 Å². The number of hydrogen-bond acceptors (Lipinski definition) is 3. The molecule has 92 valence electrons. The summed E-state index contributed by atoms with van der Waals surface area (Å²) in [6.45, 7) is 0. The van der Waals surface area contributed by atoms with E-state index in [2.05, 4.69) is 5.32 Å². The standard InChI is InChI=1S/C14H13NO3/c16-11-8-9-4-1-2-5-10(9)13(11)15-14(17)12-6-3-7-18-12/h1-7,11,13,16H,8H2,(H,15,17). The third-order valence-corrected chi connectivity index (χ3v) is 3.24. The first-order chi connectivity index (χ1) is 8.75. The minimum atomic E-state index is -0.582. The van der Waals surface area contributed by atoms with Gasteiger partial charge in [0, 0.05) is 6.42 Å². The van der Waals surface area contributed by atoms with Crippen LogP contribution in [0, 0.1) is 0 Å². The normalized spacial score (nSPS) is 21.6. The van der Waals surface area contributed by atoms with E-state index in [4.69, 9.17) is 4.42 Å². The Labute approximate surface area is 104 Å². The van der Waals surface area contributed by atoms with E-state index in [1.807, 2.05) is 24.3 Å². The Morgan fingerprint density at radius 1 is 1.28 bits per heavy atom. The lowest BCUT2D eigenvalue weighted by molar-refractivity contribution is 0.0832. The Morgan fingerprint density at radius 3 is 2.89 bits per heavy atom. The molecule has 3 rings (SSSR count). The lowest BCUT2D eigenvalue weighted by Gasteiger charge is -2.17. The van der Waals surface area contributed by atoms with Crippen molar-refractivity contribution in [2.45, 2.75) is 18.6 Å². The number of nitrogens with one attached hydrogen (secondary N) is 1. The fourth-order valence-electron chi connectivity index (χ4n) is 2.37. The second-order valence-corrected chi connectivity index (χ2v) is 4.40. The van der Waals surface area contributed by atoms with E-state index >= 15 is 0 Å². The van der Waals surface area contributed by atoms with Gasteiger partial charge in [0.25, 0.3) is 5.91 Å². The Balaban J connectivity index is 1.83. The molecule has 4 heteroatoms. The van der Waals surface area contributed by atoms with Gasteiger partial charge in [0.15, 0.2) is 5.76 Å². The zero-order chi connectivity index (χ0) is 12.5. The van der Waals surface area contributed by atoms with Gasteiger partial charge in [-0.1, -0.05) is 24.3 Å². The van der Waals surface area contributed by atoms with Crippen molar-refractivity contribution in [2.24, 2.45) is 0 Å². The Morgan fingerprint density at radius 2 is 2.11 bits per heavy atom. The van der Waals surface area contributed by atoms with Crippen molar-refractivity contribution in [3.05, 3.63) is 59.5 Å². The van der Waals surface area contributed by atoms with Crippen LogP contribution in [0.25, 0.3) is 0 Å². The van der Waals surface area contributed by atoms with Gasteiger partial charge in [-0.05, 0) is 23.3 Å². The molecule has 1 heterocycles. The number of amides is 1. The summed E-state index contributed by atoms with van der Waals surface area (Å²) in [5.41, 5.74) is 2.06. The fraction of sp³-hybridized carbons (Fsp3) is 0.214. The number of carbonyl (C=O) groups excluding carboxylic acids is 1. The number of aliphatic hydroxyl groups is 1. The average molecular weight is 243 g/mol. The van der Waals surface area contributed by atoms with Crippen LogP contribution in [0.2, 0.25) is 0 Å². The van der Waals surface area contributed by atoms with Gasteiger partial charge in [0.05, 0.1) is 18.4 Å².